The van der Waals surface area contributed by atoms with Gasteiger partial charge in [0.15, 0.2) is 5.78 Å². The minimum absolute atomic E-state index is 0. The fourth-order valence-electron chi connectivity index (χ4n) is 3.33. The van der Waals surface area contributed by atoms with Crippen molar-refractivity contribution in [2.24, 2.45) is 0 Å². The first-order valence-corrected chi connectivity index (χ1v) is 11.7. The summed E-state index contributed by atoms with van der Waals surface area (Å²) in [6, 6.07) is 22.9. The summed E-state index contributed by atoms with van der Waals surface area (Å²) >= 11 is 1.79. The van der Waals surface area contributed by atoms with Gasteiger partial charge in [0, 0.05) is 37.3 Å². The van der Waals surface area contributed by atoms with Gasteiger partial charge in [-0.3, -0.25) is 4.79 Å². The van der Waals surface area contributed by atoms with Gasteiger partial charge in [-0.25, -0.2) is 0 Å². The zero-order valence-electron chi connectivity index (χ0n) is 20.4. The molecule has 3 nitrogen and oxygen atoms in total. The number of rotatable bonds is 3. The van der Waals surface area contributed by atoms with Gasteiger partial charge in [-0.05, 0) is 48.9 Å². The van der Waals surface area contributed by atoms with Crippen LogP contribution in [0.1, 0.15) is 45.7 Å². The molecule has 0 fully saturated rings. The Labute approximate surface area is 219 Å². The molecular weight excluding hydrogens is 619 g/mol. The van der Waals surface area contributed by atoms with E-state index in [9.17, 15) is 4.79 Å². The van der Waals surface area contributed by atoms with Crippen molar-refractivity contribution < 1.29 is 30.0 Å². The number of carbonyl (C=O) groups excluding carboxylic acids is 1. The summed E-state index contributed by atoms with van der Waals surface area (Å²) in [4.78, 5) is 16.0. The van der Waals surface area contributed by atoms with E-state index in [0.29, 0.717) is 0 Å². The number of hydrogen-bond donors (Lipinski definition) is 1. The summed E-state index contributed by atoms with van der Waals surface area (Å²) in [6.45, 7) is 11.7. The summed E-state index contributed by atoms with van der Waals surface area (Å²) in [7, 11) is 0. The molecule has 179 valence electrons. The number of fused-ring (bicyclic) bond motifs is 1. The quantitative estimate of drug-likeness (QED) is 0.139. The standard InChI is InChI=1S/C24H22NS.C5H8O2.Ir/c1-16-8-10-17(11-9-16)22-14-19-13-21(25-15-23(19)26-22)18-6-5-7-20(12-18)24(2,3)4;1-4(6)3-5(2)7;/h5,7-15H,1-4H3;3,6H,1-2H3;/q-1;;/b;4-3-;. The van der Waals surface area contributed by atoms with Crippen LogP contribution in [0.2, 0.25) is 0 Å². The Morgan fingerprint density at radius 3 is 2.29 bits per heavy atom. The van der Waals surface area contributed by atoms with Gasteiger partial charge >= 0.3 is 0 Å². The van der Waals surface area contributed by atoms with E-state index in [2.05, 4.69) is 82.3 Å². The van der Waals surface area contributed by atoms with Crippen molar-refractivity contribution in [1.29, 1.82) is 0 Å². The number of allylic oxidation sites excluding steroid dienone is 2. The molecule has 0 saturated carbocycles. The van der Waals surface area contributed by atoms with E-state index >= 15 is 0 Å². The van der Waals surface area contributed by atoms with Crippen molar-refractivity contribution >= 4 is 27.2 Å². The van der Waals surface area contributed by atoms with E-state index in [1.807, 2.05) is 12.3 Å². The normalized spacial score (nSPS) is 11.4. The van der Waals surface area contributed by atoms with Gasteiger partial charge in [0.25, 0.3) is 0 Å². The molecule has 1 radical (unpaired) electrons. The molecule has 0 aliphatic carbocycles. The number of pyridine rings is 1. The SMILES string of the molecule is CC(=O)/C=C(/C)O.Cc1ccc(-c2cc3cc(-c4[c-]ccc(C(C)(C)C)c4)ncc3s2)cc1.[Ir]. The molecule has 4 aromatic rings. The number of ketones is 1. The molecular formula is C29H30IrNO2S-. The number of aliphatic hydroxyl groups excluding tert-OH is 1. The molecule has 0 spiro atoms. The molecule has 0 saturated heterocycles. The maximum absolute atomic E-state index is 10.0. The number of aliphatic hydroxyl groups is 1. The molecule has 0 bridgehead atoms. The number of thiophene rings is 1. The smallest absolute Gasteiger partial charge is 0.155 e. The Morgan fingerprint density at radius 2 is 1.74 bits per heavy atom. The van der Waals surface area contributed by atoms with E-state index in [4.69, 9.17) is 10.1 Å². The van der Waals surface area contributed by atoms with Crippen LogP contribution >= 0.6 is 11.3 Å². The minimum atomic E-state index is -0.125. The molecule has 4 rings (SSSR count). The zero-order valence-corrected chi connectivity index (χ0v) is 23.6. The molecule has 2 aromatic carbocycles. The topological polar surface area (TPSA) is 50.2 Å². The van der Waals surface area contributed by atoms with Gasteiger partial charge in [-0.1, -0.05) is 56.7 Å². The van der Waals surface area contributed by atoms with Crippen LogP contribution < -0.4 is 0 Å². The average Bonchev–Trinajstić information content (AvgIpc) is 3.16. The third kappa shape index (κ3) is 7.46. The molecule has 2 heterocycles. The Balaban J connectivity index is 0.000000449. The molecule has 34 heavy (non-hydrogen) atoms. The molecule has 1 N–H and O–H groups in total. The summed E-state index contributed by atoms with van der Waals surface area (Å²) < 4.78 is 1.22. The second-order valence-electron chi connectivity index (χ2n) is 9.22. The Bertz CT molecular complexity index is 1290. The first kappa shape index (κ1) is 27.7. The Morgan fingerprint density at radius 1 is 1.06 bits per heavy atom. The van der Waals surface area contributed by atoms with Crippen LogP contribution in [0.3, 0.4) is 0 Å². The number of hydrogen-bond acceptors (Lipinski definition) is 4. The van der Waals surface area contributed by atoms with Crippen LogP contribution in [-0.2, 0) is 30.3 Å². The van der Waals surface area contributed by atoms with Gasteiger partial charge in [-0.15, -0.1) is 46.7 Å². The summed E-state index contributed by atoms with van der Waals surface area (Å²) in [5.41, 5.74) is 6.01. The van der Waals surface area contributed by atoms with Crippen molar-refractivity contribution in [3.05, 3.63) is 89.8 Å². The number of benzene rings is 2. The van der Waals surface area contributed by atoms with Crippen molar-refractivity contribution in [2.45, 2.75) is 47.0 Å². The maximum atomic E-state index is 10.0. The van der Waals surface area contributed by atoms with Crippen molar-refractivity contribution in [3.8, 4) is 21.7 Å². The van der Waals surface area contributed by atoms with Gasteiger partial charge in [0.2, 0.25) is 0 Å². The predicted octanol–water partition coefficient (Wildman–Crippen LogP) is 8.07. The summed E-state index contributed by atoms with van der Waals surface area (Å²) in [5.74, 6) is -0.0625. The third-order valence-corrected chi connectivity index (χ3v) is 6.23. The van der Waals surface area contributed by atoms with E-state index in [0.717, 1.165) is 11.3 Å². The number of aryl methyl sites for hydroxylation is 1. The number of aromatic nitrogens is 1. The zero-order chi connectivity index (χ0) is 24.2. The van der Waals surface area contributed by atoms with E-state index < -0.39 is 0 Å². The van der Waals surface area contributed by atoms with Crippen LogP contribution in [0.5, 0.6) is 0 Å². The average molecular weight is 649 g/mol. The van der Waals surface area contributed by atoms with Crippen LogP contribution in [0.4, 0.5) is 0 Å². The van der Waals surface area contributed by atoms with Gasteiger partial charge in [0.1, 0.15) is 0 Å². The first-order valence-electron chi connectivity index (χ1n) is 10.9. The van der Waals surface area contributed by atoms with Crippen LogP contribution in [-0.4, -0.2) is 15.9 Å². The second-order valence-corrected chi connectivity index (χ2v) is 10.3. The maximum Gasteiger partial charge on any atom is 0.155 e. The van der Waals surface area contributed by atoms with E-state index in [1.54, 1.807) is 11.3 Å². The van der Waals surface area contributed by atoms with Crippen LogP contribution in [0.25, 0.3) is 31.8 Å². The van der Waals surface area contributed by atoms with Crippen LogP contribution in [0, 0.1) is 13.0 Å². The number of carbonyl (C=O) groups is 1. The molecule has 0 aliphatic rings. The van der Waals surface area contributed by atoms with Crippen LogP contribution in [0.15, 0.2) is 72.6 Å². The molecule has 0 atom stereocenters. The fraction of sp³-hybridized carbons (Fsp3) is 0.241. The van der Waals surface area contributed by atoms with Crippen molar-refractivity contribution in [2.75, 3.05) is 0 Å². The fourth-order valence-corrected chi connectivity index (χ4v) is 4.35. The third-order valence-electron chi connectivity index (χ3n) is 5.10. The largest absolute Gasteiger partial charge is 0.512 e. The molecule has 0 amide bonds. The minimum Gasteiger partial charge on any atom is -0.512 e. The van der Waals surface area contributed by atoms with Crippen molar-refractivity contribution in [1.82, 2.24) is 4.98 Å². The second kappa shape index (κ2) is 11.7. The Hall–Kier alpha value is -2.59. The van der Waals surface area contributed by atoms with Crippen molar-refractivity contribution in [3.63, 3.8) is 0 Å². The van der Waals surface area contributed by atoms with Gasteiger partial charge in [-0.2, -0.15) is 0 Å². The molecule has 2 aromatic heterocycles. The van der Waals surface area contributed by atoms with Gasteiger partial charge in [0.05, 0.1) is 10.5 Å². The van der Waals surface area contributed by atoms with Gasteiger partial charge < -0.3 is 10.1 Å². The molecule has 0 aliphatic heterocycles. The molecule has 0 unspecified atom stereocenters. The van der Waals surface area contributed by atoms with E-state index in [-0.39, 0.29) is 37.1 Å². The molecule has 5 heteroatoms. The summed E-state index contributed by atoms with van der Waals surface area (Å²) in [5, 5.41) is 9.60. The monoisotopic (exact) mass is 649 g/mol. The summed E-state index contributed by atoms with van der Waals surface area (Å²) in [6.07, 6.45) is 3.16. The Kier molecular flexibility index (Phi) is 9.52. The van der Waals surface area contributed by atoms with E-state index in [1.165, 1.54) is 51.6 Å². The predicted molar refractivity (Wildman–Crippen MR) is 140 cm³/mol. The number of nitrogens with zero attached hydrogens (tertiary/aromatic N) is 1. The first-order chi connectivity index (χ1) is 15.5.